The molecule has 2 N–H and O–H groups in total. The van der Waals surface area contributed by atoms with E-state index in [4.69, 9.17) is 9.84 Å². The van der Waals surface area contributed by atoms with Crippen LogP contribution in [0.3, 0.4) is 0 Å². The van der Waals surface area contributed by atoms with E-state index in [1.54, 1.807) is 4.90 Å². The Morgan fingerprint density at radius 2 is 1.90 bits per heavy atom. The molecule has 0 radical (unpaired) electrons. The highest BCUT2D eigenvalue weighted by atomic mass is 16.6. The molecule has 5 heteroatoms. The minimum absolute atomic E-state index is 0.211. The van der Waals surface area contributed by atoms with Gasteiger partial charge in [0.05, 0.1) is 0 Å². The Hall–Kier alpha value is -0.810. The van der Waals surface area contributed by atoms with Crippen molar-refractivity contribution in [1.29, 1.82) is 0 Å². The van der Waals surface area contributed by atoms with Gasteiger partial charge in [-0.05, 0) is 46.0 Å². The van der Waals surface area contributed by atoms with Crippen LogP contribution >= 0.6 is 0 Å². The van der Waals surface area contributed by atoms with Gasteiger partial charge in [0, 0.05) is 31.8 Å². The number of piperidine rings is 1. The van der Waals surface area contributed by atoms with Crippen molar-refractivity contribution < 1.29 is 14.6 Å². The number of ether oxygens (including phenoxy) is 1. The first-order valence-corrected chi connectivity index (χ1v) is 8.07. The van der Waals surface area contributed by atoms with Gasteiger partial charge in [-0.1, -0.05) is 13.8 Å². The van der Waals surface area contributed by atoms with Gasteiger partial charge in [0.1, 0.15) is 5.60 Å². The van der Waals surface area contributed by atoms with Gasteiger partial charge in [0.15, 0.2) is 0 Å². The molecule has 1 saturated heterocycles. The molecule has 1 amide bonds. The molecule has 1 fully saturated rings. The summed E-state index contributed by atoms with van der Waals surface area (Å²) in [7, 11) is 0. The number of aliphatic hydroxyl groups excluding tert-OH is 1. The second-order valence-corrected chi connectivity index (χ2v) is 7.27. The van der Waals surface area contributed by atoms with Gasteiger partial charge < -0.3 is 20.1 Å². The average Bonchev–Trinajstić information content (AvgIpc) is 2.36. The molecule has 1 heterocycles. The molecule has 5 nitrogen and oxygen atoms in total. The maximum Gasteiger partial charge on any atom is 0.410 e. The van der Waals surface area contributed by atoms with Crippen LogP contribution in [0.1, 0.15) is 53.9 Å². The highest BCUT2D eigenvalue weighted by molar-refractivity contribution is 5.68. The SMILES string of the molecule is CC(C)C(CCO)NC1CCN(C(=O)OC(C)(C)C)CC1. The van der Waals surface area contributed by atoms with Gasteiger partial charge in [-0.2, -0.15) is 0 Å². The summed E-state index contributed by atoms with van der Waals surface area (Å²) in [6.45, 7) is 11.7. The van der Waals surface area contributed by atoms with Crippen LogP contribution < -0.4 is 5.32 Å². The molecule has 0 saturated carbocycles. The Morgan fingerprint density at radius 1 is 1.33 bits per heavy atom. The van der Waals surface area contributed by atoms with E-state index in [2.05, 4.69) is 19.2 Å². The van der Waals surface area contributed by atoms with Crippen LogP contribution in [0.25, 0.3) is 0 Å². The summed E-state index contributed by atoms with van der Waals surface area (Å²) in [5, 5.41) is 12.8. The van der Waals surface area contributed by atoms with E-state index in [0.717, 1.165) is 32.4 Å². The number of hydrogen-bond donors (Lipinski definition) is 2. The smallest absolute Gasteiger partial charge is 0.410 e. The van der Waals surface area contributed by atoms with E-state index in [0.29, 0.717) is 18.0 Å². The van der Waals surface area contributed by atoms with E-state index in [1.165, 1.54) is 0 Å². The van der Waals surface area contributed by atoms with Gasteiger partial charge in [-0.15, -0.1) is 0 Å². The number of hydrogen-bond acceptors (Lipinski definition) is 4. The van der Waals surface area contributed by atoms with Crippen molar-refractivity contribution in [2.75, 3.05) is 19.7 Å². The van der Waals surface area contributed by atoms with Crippen molar-refractivity contribution in [3.05, 3.63) is 0 Å². The number of carbonyl (C=O) groups is 1. The molecular weight excluding hydrogens is 268 g/mol. The van der Waals surface area contributed by atoms with E-state index >= 15 is 0 Å². The van der Waals surface area contributed by atoms with Crippen LogP contribution in [-0.2, 0) is 4.74 Å². The van der Waals surface area contributed by atoms with E-state index < -0.39 is 5.60 Å². The van der Waals surface area contributed by atoms with E-state index in [9.17, 15) is 4.79 Å². The van der Waals surface area contributed by atoms with E-state index in [1.807, 2.05) is 20.8 Å². The lowest BCUT2D eigenvalue weighted by Gasteiger charge is -2.36. The van der Waals surface area contributed by atoms with Gasteiger partial charge in [0.25, 0.3) is 0 Å². The molecule has 1 atom stereocenters. The molecule has 0 aromatic heterocycles. The normalized spacial score (nSPS) is 18.9. The van der Waals surface area contributed by atoms with Crippen LogP contribution in [0.15, 0.2) is 0 Å². The summed E-state index contributed by atoms with van der Waals surface area (Å²) < 4.78 is 5.40. The number of nitrogens with one attached hydrogen (secondary N) is 1. The maximum atomic E-state index is 12.0. The number of amides is 1. The molecule has 0 aliphatic carbocycles. The van der Waals surface area contributed by atoms with Gasteiger partial charge in [0.2, 0.25) is 0 Å². The van der Waals surface area contributed by atoms with Crippen LogP contribution in [0.5, 0.6) is 0 Å². The lowest BCUT2D eigenvalue weighted by molar-refractivity contribution is 0.0193. The number of aliphatic hydroxyl groups is 1. The fourth-order valence-electron chi connectivity index (χ4n) is 2.61. The first-order valence-electron chi connectivity index (χ1n) is 8.07. The highest BCUT2D eigenvalue weighted by Gasteiger charge is 2.28. The Bertz CT molecular complexity index is 318. The molecular formula is C16H32N2O3. The summed E-state index contributed by atoms with van der Waals surface area (Å²) >= 11 is 0. The zero-order valence-electron chi connectivity index (χ0n) is 14.2. The minimum atomic E-state index is -0.434. The molecule has 21 heavy (non-hydrogen) atoms. The van der Waals surface area contributed by atoms with Crippen molar-refractivity contribution >= 4 is 6.09 Å². The van der Waals surface area contributed by atoms with Crippen molar-refractivity contribution in [1.82, 2.24) is 10.2 Å². The number of nitrogens with zero attached hydrogens (tertiary/aromatic N) is 1. The third kappa shape index (κ3) is 6.66. The van der Waals surface area contributed by atoms with Crippen molar-refractivity contribution in [3.8, 4) is 0 Å². The van der Waals surface area contributed by atoms with Crippen LogP contribution in [0, 0.1) is 5.92 Å². The van der Waals surface area contributed by atoms with Crippen LogP contribution in [-0.4, -0.2) is 53.5 Å². The first kappa shape index (κ1) is 18.2. The number of rotatable bonds is 5. The zero-order chi connectivity index (χ0) is 16.0. The molecule has 0 aromatic rings. The lowest BCUT2D eigenvalue weighted by atomic mass is 9.97. The Morgan fingerprint density at radius 3 is 2.33 bits per heavy atom. The van der Waals surface area contributed by atoms with Gasteiger partial charge in [-0.25, -0.2) is 4.79 Å². The van der Waals surface area contributed by atoms with Crippen molar-refractivity contribution in [2.24, 2.45) is 5.92 Å². The second-order valence-electron chi connectivity index (χ2n) is 7.27. The predicted molar refractivity (Wildman–Crippen MR) is 84.3 cm³/mol. The third-order valence-electron chi connectivity index (χ3n) is 3.84. The summed E-state index contributed by atoms with van der Waals surface area (Å²) in [4.78, 5) is 13.8. The number of carbonyl (C=O) groups excluding carboxylic acids is 1. The first-order chi connectivity index (χ1) is 9.73. The third-order valence-corrected chi connectivity index (χ3v) is 3.84. The van der Waals surface area contributed by atoms with Gasteiger partial charge in [-0.3, -0.25) is 0 Å². The monoisotopic (exact) mass is 300 g/mol. The quantitative estimate of drug-likeness (QED) is 0.818. The molecule has 1 unspecified atom stereocenters. The second kappa shape index (κ2) is 7.99. The Balaban J connectivity index is 2.39. The standard InChI is InChI=1S/C16H32N2O3/c1-12(2)14(8-11-19)17-13-6-9-18(10-7-13)15(20)21-16(3,4)5/h12-14,17,19H,6-11H2,1-5H3. The lowest BCUT2D eigenvalue weighted by Crippen LogP contribution is -2.50. The van der Waals surface area contributed by atoms with Crippen LogP contribution in [0.2, 0.25) is 0 Å². The topological polar surface area (TPSA) is 61.8 Å². The summed E-state index contributed by atoms with van der Waals surface area (Å²) in [6, 6.07) is 0.760. The largest absolute Gasteiger partial charge is 0.444 e. The predicted octanol–water partition coefficient (Wildman–Crippen LogP) is 2.38. The molecule has 1 aliphatic heterocycles. The fourth-order valence-corrected chi connectivity index (χ4v) is 2.61. The Labute approximate surface area is 129 Å². The molecule has 124 valence electrons. The minimum Gasteiger partial charge on any atom is -0.444 e. The Kier molecular flexibility index (Phi) is 6.94. The van der Waals surface area contributed by atoms with Crippen molar-refractivity contribution in [2.45, 2.75) is 71.6 Å². The molecule has 1 rings (SSSR count). The summed E-state index contributed by atoms with van der Waals surface area (Å²) in [5.74, 6) is 0.501. The summed E-state index contributed by atoms with van der Waals surface area (Å²) in [6.07, 6.45) is 2.45. The molecule has 0 bridgehead atoms. The molecule has 0 spiro atoms. The summed E-state index contributed by atoms with van der Waals surface area (Å²) in [5.41, 5.74) is -0.434. The molecule has 1 aliphatic rings. The highest BCUT2D eigenvalue weighted by Crippen LogP contribution is 2.17. The fraction of sp³-hybridized carbons (Fsp3) is 0.938. The zero-order valence-corrected chi connectivity index (χ0v) is 14.2. The average molecular weight is 300 g/mol. The molecule has 0 aromatic carbocycles. The van der Waals surface area contributed by atoms with Crippen molar-refractivity contribution in [3.63, 3.8) is 0 Å². The number of likely N-dealkylation sites (tertiary alicyclic amines) is 1. The van der Waals surface area contributed by atoms with E-state index in [-0.39, 0.29) is 12.7 Å². The van der Waals surface area contributed by atoms with Crippen LogP contribution in [0.4, 0.5) is 4.79 Å². The van der Waals surface area contributed by atoms with Gasteiger partial charge >= 0.3 is 6.09 Å². The maximum absolute atomic E-state index is 12.0.